The van der Waals surface area contributed by atoms with Gasteiger partial charge in [0.05, 0.1) is 0 Å². The van der Waals surface area contributed by atoms with Crippen LogP contribution < -0.4 is 5.32 Å². The average Bonchev–Trinajstić information content (AvgIpc) is 2.14. The zero-order valence-corrected chi connectivity index (χ0v) is 9.06. The molecule has 3 rings (SSSR count). The highest BCUT2D eigenvalue weighted by Crippen LogP contribution is 2.58. The highest BCUT2D eigenvalue weighted by molar-refractivity contribution is 5.24. The van der Waals surface area contributed by atoms with E-state index in [1.165, 1.54) is 12.8 Å². The van der Waals surface area contributed by atoms with Gasteiger partial charge in [0, 0.05) is 6.54 Å². The third kappa shape index (κ3) is 1.34. The minimum atomic E-state index is 0.597. The van der Waals surface area contributed by atoms with Crippen molar-refractivity contribution in [3.05, 3.63) is 11.6 Å². The van der Waals surface area contributed by atoms with E-state index in [0.717, 1.165) is 24.9 Å². The molecule has 3 aliphatic rings. The summed E-state index contributed by atoms with van der Waals surface area (Å²) in [5.74, 6) is 1.85. The Bertz CT molecular complexity index is 227. The number of hydrogen-bond acceptors (Lipinski definition) is 1. The number of rotatable bonds is 3. The van der Waals surface area contributed by atoms with Crippen molar-refractivity contribution >= 4 is 0 Å². The molecule has 0 heterocycles. The average molecular weight is 179 g/mol. The van der Waals surface area contributed by atoms with Crippen LogP contribution in [0.5, 0.6) is 0 Å². The highest BCUT2D eigenvalue weighted by Gasteiger charge is 2.50. The lowest BCUT2D eigenvalue weighted by atomic mass is 9.49. The molecule has 1 saturated carbocycles. The van der Waals surface area contributed by atoms with Crippen molar-refractivity contribution in [2.24, 2.45) is 17.3 Å². The SMILES string of the molecule is CCNCC1=CCC2CC1C2(C)C. The Morgan fingerprint density at radius 1 is 1.54 bits per heavy atom. The summed E-state index contributed by atoms with van der Waals surface area (Å²) in [6.07, 6.45) is 5.25. The Hall–Kier alpha value is -0.300. The van der Waals surface area contributed by atoms with Gasteiger partial charge in [0.2, 0.25) is 0 Å². The summed E-state index contributed by atoms with van der Waals surface area (Å²) in [6.45, 7) is 9.26. The van der Waals surface area contributed by atoms with E-state index in [-0.39, 0.29) is 0 Å². The van der Waals surface area contributed by atoms with Gasteiger partial charge in [-0.15, -0.1) is 0 Å². The maximum atomic E-state index is 3.44. The lowest BCUT2D eigenvalue weighted by molar-refractivity contribution is -0.00731. The molecule has 1 heteroatoms. The van der Waals surface area contributed by atoms with Gasteiger partial charge in [-0.25, -0.2) is 0 Å². The normalized spacial score (nSPS) is 35.2. The second kappa shape index (κ2) is 3.13. The molecular formula is C12H21N. The van der Waals surface area contributed by atoms with Crippen molar-refractivity contribution in [1.82, 2.24) is 5.32 Å². The van der Waals surface area contributed by atoms with Gasteiger partial charge in [-0.3, -0.25) is 0 Å². The summed E-state index contributed by atoms with van der Waals surface area (Å²) < 4.78 is 0. The van der Waals surface area contributed by atoms with Gasteiger partial charge in [-0.2, -0.15) is 0 Å². The maximum Gasteiger partial charge on any atom is 0.0167 e. The molecule has 13 heavy (non-hydrogen) atoms. The summed E-state index contributed by atoms with van der Waals surface area (Å²) in [5.41, 5.74) is 2.27. The molecule has 1 fully saturated rings. The quantitative estimate of drug-likeness (QED) is 0.657. The van der Waals surface area contributed by atoms with Gasteiger partial charge < -0.3 is 5.32 Å². The predicted octanol–water partition coefficient (Wildman–Crippen LogP) is 2.59. The van der Waals surface area contributed by atoms with Gasteiger partial charge >= 0.3 is 0 Å². The molecule has 74 valence electrons. The van der Waals surface area contributed by atoms with Crippen LogP contribution in [-0.4, -0.2) is 13.1 Å². The van der Waals surface area contributed by atoms with Crippen molar-refractivity contribution in [3.63, 3.8) is 0 Å². The third-order valence-electron chi connectivity index (χ3n) is 4.16. The van der Waals surface area contributed by atoms with E-state index in [0.29, 0.717) is 5.41 Å². The molecule has 0 aromatic rings. The Morgan fingerprint density at radius 3 is 2.85 bits per heavy atom. The van der Waals surface area contributed by atoms with Gasteiger partial charge in [-0.05, 0) is 36.6 Å². The van der Waals surface area contributed by atoms with E-state index in [1.807, 2.05) is 0 Å². The molecule has 2 unspecified atom stereocenters. The Labute approximate surface area is 81.6 Å². The molecule has 2 bridgehead atoms. The van der Waals surface area contributed by atoms with Gasteiger partial charge in [-0.1, -0.05) is 32.4 Å². The van der Waals surface area contributed by atoms with Crippen LogP contribution in [0.15, 0.2) is 11.6 Å². The minimum Gasteiger partial charge on any atom is -0.313 e. The summed E-state index contributed by atoms with van der Waals surface area (Å²) in [5, 5.41) is 3.44. The number of hydrogen-bond donors (Lipinski definition) is 1. The molecule has 0 aromatic heterocycles. The Kier molecular flexibility index (Phi) is 2.23. The zero-order valence-electron chi connectivity index (χ0n) is 9.06. The number of nitrogens with one attached hydrogen (secondary N) is 1. The van der Waals surface area contributed by atoms with Gasteiger partial charge in [0.15, 0.2) is 0 Å². The molecule has 1 N–H and O–H groups in total. The summed E-state index contributed by atoms with van der Waals surface area (Å²) in [7, 11) is 0. The molecule has 0 aliphatic heterocycles. The van der Waals surface area contributed by atoms with Crippen molar-refractivity contribution in [2.45, 2.75) is 33.6 Å². The molecule has 3 aliphatic carbocycles. The second-order valence-electron chi connectivity index (χ2n) is 5.10. The smallest absolute Gasteiger partial charge is 0.0167 e. The van der Waals surface area contributed by atoms with Crippen LogP contribution >= 0.6 is 0 Å². The molecule has 0 spiro atoms. The van der Waals surface area contributed by atoms with E-state index in [9.17, 15) is 0 Å². The molecule has 0 radical (unpaired) electrons. The topological polar surface area (TPSA) is 12.0 Å². The van der Waals surface area contributed by atoms with Crippen LogP contribution in [0.1, 0.15) is 33.6 Å². The number of likely N-dealkylation sites (N-methyl/N-ethyl adjacent to an activating group) is 1. The first-order valence-corrected chi connectivity index (χ1v) is 5.56. The first-order chi connectivity index (χ1) is 6.16. The molecule has 0 amide bonds. The first-order valence-electron chi connectivity index (χ1n) is 5.56. The highest BCUT2D eigenvalue weighted by atomic mass is 14.8. The van der Waals surface area contributed by atoms with E-state index >= 15 is 0 Å². The number of allylic oxidation sites excluding steroid dienone is 1. The fourth-order valence-corrected chi connectivity index (χ4v) is 2.95. The molecule has 1 nitrogen and oxygen atoms in total. The number of fused-ring (bicyclic) bond motifs is 1. The summed E-state index contributed by atoms with van der Waals surface area (Å²) in [6, 6.07) is 0. The Morgan fingerprint density at radius 2 is 2.31 bits per heavy atom. The van der Waals surface area contributed by atoms with E-state index < -0.39 is 0 Å². The first kappa shape index (κ1) is 9.26. The molecular weight excluding hydrogens is 158 g/mol. The fraction of sp³-hybridized carbons (Fsp3) is 0.833. The lowest BCUT2D eigenvalue weighted by Gasteiger charge is -2.56. The Balaban J connectivity index is 2.01. The largest absolute Gasteiger partial charge is 0.313 e. The standard InChI is InChI=1S/C12H21N/c1-4-13-8-9-5-6-10-7-11(9)12(10,2)3/h5,10-11,13H,4,6-8H2,1-3H3. The second-order valence-corrected chi connectivity index (χ2v) is 5.10. The monoisotopic (exact) mass is 179 g/mol. The van der Waals surface area contributed by atoms with Crippen LogP contribution in [0.2, 0.25) is 0 Å². The van der Waals surface area contributed by atoms with E-state index in [1.54, 1.807) is 5.57 Å². The zero-order chi connectivity index (χ0) is 9.47. The molecule has 0 saturated heterocycles. The molecule has 2 atom stereocenters. The van der Waals surface area contributed by atoms with Crippen molar-refractivity contribution in [3.8, 4) is 0 Å². The van der Waals surface area contributed by atoms with Crippen molar-refractivity contribution in [2.75, 3.05) is 13.1 Å². The van der Waals surface area contributed by atoms with Crippen LogP contribution in [-0.2, 0) is 0 Å². The van der Waals surface area contributed by atoms with E-state index in [2.05, 4.69) is 32.2 Å². The van der Waals surface area contributed by atoms with Crippen LogP contribution in [0.25, 0.3) is 0 Å². The molecule has 0 aromatic carbocycles. The third-order valence-corrected chi connectivity index (χ3v) is 4.16. The van der Waals surface area contributed by atoms with Crippen molar-refractivity contribution < 1.29 is 0 Å². The van der Waals surface area contributed by atoms with Crippen LogP contribution in [0.4, 0.5) is 0 Å². The van der Waals surface area contributed by atoms with Crippen LogP contribution in [0, 0.1) is 17.3 Å². The fourth-order valence-electron chi connectivity index (χ4n) is 2.95. The minimum absolute atomic E-state index is 0.597. The lowest BCUT2D eigenvalue weighted by Crippen LogP contribution is -2.49. The summed E-state index contributed by atoms with van der Waals surface area (Å²) in [4.78, 5) is 0. The predicted molar refractivity (Wildman–Crippen MR) is 56.6 cm³/mol. The summed E-state index contributed by atoms with van der Waals surface area (Å²) >= 11 is 0. The maximum absolute atomic E-state index is 3.44. The van der Waals surface area contributed by atoms with Crippen molar-refractivity contribution in [1.29, 1.82) is 0 Å². The van der Waals surface area contributed by atoms with Crippen LogP contribution in [0.3, 0.4) is 0 Å². The van der Waals surface area contributed by atoms with Gasteiger partial charge in [0.25, 0.3) is 0 Å². The van der Waals surface area contributed by atoms with Gasteiger partial charge in [0.1, 0.15) is 0 Å². The van der Waals surface area contributed by atoms with E-state index in [4.69, 9.17) is 0 Å².